The maximum atomic E-state index is 12.6. The number of azo groups is 1. The van der Waals surface area contributed by atoms with Crippen molar-refractivity contribution in [1.82, 2.24) is 9.78 Å². The molecule has 3 aromatic rings. The van der Waals surface area contributed by atoms with Gasteiger partial charge in [0.05, 0.1) is 21.3 Å². The number of nitro benzene ring substituents is 1. The van der Waals surface area contributed by atoms with Crippen LogP contribution in [0.1, 0.15) is 5.69 Å². The Morgan fingerprint density at radius 1 is 1.23 bits per heavy atom. The number of rotatable bonds is 4. The largest absolute Gasteiger partial charge is 0.506 e. The number of aromatic amines is 1. The van der Waals surface area contributed by atoms with E-state index in [1.165, 1.54) is 4.68 Å². The van der Waals surface area contributed by atoms with Crippen LogP contribution in [0.3, 0.4) is 0 Å². The van der Waals surface area contributed by atoms with Gasteiger partial charge >= 0.3 is 0 Å². The fourth-order valence-electron chi connectivity index (χ4n) is 2.27. The molecule has 0 aliphatic heterocycles. The van der Waals surface area contributed by atoms with E-state index < -0.39 is 10.5 Å². The molecule has 10 heteroatoms. The van der Waals surface area contributed by atoms with E-state index in [-0.39, 0.29) is 22.8 Å². The lowest BCUT2D eigenvalue weighted by Crippen LogP contribution is -2.14. The number of para-hydroxylation sites is 1. The van der Waals surface area contributed by atoms with Crippen molar-refractivity contribution >= 4 is 28.7 Å². The van der Waals surface area contributed by atoms with Gasteiger partial charge < -0.3 is 5.11 Å². The normalized spacial score (nSPS) is 11.2. The molecule has 0 aliphatic rings. The van der Waals surface area contributed by atoms with Crippen molar-refractivity contribution in [3.63, 3.8) is 0 Å². The molecule has 1 aromatic heterocycles. The summed E-state index contributed by atoms with van der Waals surface area (Å²) in [5, 5.41) is 31.4. The Bertz CT molecular complexity index is 1090. The van der Waals surface area contributed by atoms with E-state index in [1.807, 2.05) is 0 Å². The molecular formula is C16H12ClN5O4. The summed E-state index contributed by atoms with van der Waals surface area (Å²) < 4.78 is 1.22. The summed E-state index contributed by atoms with van der Waals surface area (Å²) >= 11 is 6.10. The minimum atomic E-state index is -0.621. The van der Waals surface area contributed by atoms with Crippen LogP contribution in [-0.4, -0.2) is 19.8 Å². The van der Waals surface area contributed by atoms with Gasteiger partial charge in [-0.3, -0.25) is 20.0 Å². The van der Waals surface area contributed by atoms with E-state index in [9.17, 15) is 20.0 Å². The van der Waals surface area contributed by atoms with Crippen molar-refractivity contribution in [2.75, 3.05) is 0 Å². The number of non-ortho nitro benzene ring substituents is 1. The zero-order valence-electron chi connectivity index (χ0n) is 13.4. The maximum absolute atomic E-state index is 12.6. The molecule has 132 valence electrons. The van der Waals surface area contributed by atoms with Crippen molar-refractivity contribution in [2.45, 2.75) is 6.92 Å². The van der Waals surface area contributed by atoms with Crippen LogP contribution >= 0.6 is 11.6 Å². The van der Waals surface area contributed by atoms with Crippen LogP contribution in [0.2, 0.25) is 5.02 Å². The van der Waals surface area contributed by atoms with Gasteiger partial charge in [-0.1, -0.05) is 23.7 Å². The van der Waals surface area contributed by atoms with Crippen LogP contribution in [-0.2, 0) is 0 Å². The number of halogens is 1. The number of nitrogens with zero attached hydrogens (tertiary/aromatic N) is 4. The van der Waals surface area contributed by atoms with Gasteiger partial charge in [-0.05, 0) is 25.1 Å². The first kappa shape index (κ1) is 17.4. The van der Waals surface area contributed by atoms with Gasteiger partial charge in [-0.15, -0.1) is 10.2 Å². The average molecular weight is 374 g/mol. The van der Waals surface area contributed by atoms with E-state index in [4.69, 9.17) is 11.6 Å². The van der Waals surface area contributed by atoms with E-state index in [0.29, 0.717) is 16.4 Å². The predicted molar refractivity (Wildman–Crippen MR) is 95.1 cm³/mol. The second-order valence-corrected chi connectivity index (χ2v) is 5.71. The molecule has 0 fully saturated rings. The van der Waals surface area contributed by atoms with Crippen molar-refractivity contribution in [2.24, 2.45) is 10.2 Å². The Hall–Kier alpha value is -3.46. The highest BCUT2D eigenvalue weighted by atomic mass is 35.5. The third kappa shape index (κ3) is 3.20. The third-order valence-corrected chi connectivity index (χ3v) is 3.88. The Labute approximate surface area is 151 Å². The first-order chi connectivity index (χ1) is 12.4. The highest BCUT2D eigenvalue weighted by Gasteiger charge is 2.15. The SMILES string of the molecule is Cc1[nH]n(-c2ccccc2Cl)c(=O)c1N=Nc1cc([N+](=O)[O-])ccc1O. The summed E-state index contributed by atoms with van der Waals surface area (Å²) in [7, 11) is 0. The van der Waals surface area contributed by atoms with E-state index in [1.54, 1.807) is 31.2 Å². The molecule has 0 radical (unpaired) electrons. The molecule has 2 N–H and O–H groups in total. The lowest BCUT2D eigenvalue weighted by molar-refractivity contribution is -0.384. The first-order valence-corrected chi connectivity index (χ1v) is 7.72. The minimum Gasteiger partial charge on any atom is -0.506 e. The van der Waals surface area contributed by atoms with Crippen molar-refractivity contribution in [3.05, 3.63) is 73.6 Å². The molecule has 0 unspecified atom stereocenters. The molecule has 0 saturated heterocycles. The quantitative estimate of drug-likeness (QED) is 0.404. The van der Waals surface area contributed by atoms with Crippen LogP contribution in [0.15, 0.2) is 57.5 Å². The van der Waals surface area contributed by atoms with Gasteiger partial charge in [-0.25, -0.2) is 4.68 Å². The topological polar surface area (TPSA) is 126 Å². The second kappa shape index (κ2) is 6.81. The minimum absolute atomic E-state index is 0.00386. The number of hydrogen-bond acceptors (Lipinski definition) is 6. The monoisotopic (exact) mass is 373 g/mol. The molecule has 1 heterocycles. The molecular weight excluding hydrogens is 362 g/mol. The third-order valence-electron chi connectivity index (χ3n) is 3.56. The lowest BCUT2D eigenvalue weighted by atomic mass is 10.2. The summed E-state index contributed by atoms with van der Waals surface area (Å²) in [6, 6.07) is 10.1. The summed E-state index contributed by atoms with van der Waals surface area (Å²) in [4.78, 5) is 22.8. The number of aromatic hydroxyl groups is 1. The summed E-state index contributed by atoms with van der Waals surface area (Å²) in [5.41, 5.74) is -0.00916. The van der Waals surface area contributed by atoms with Crippen LogP contribution < -0.4 is 5.56 Å². The summed E-state index contributed by atoms with van der Waals surface area (Å²) in [6.07, 6.45) is 0. The van der Waals surface area contributed by atoms with Gasteiger partial charge in [0, 0.05) is 12.1 Å². The maximum Gasteiger partial charge on any atom is 0.299 e. The second-order valence-electron chi connectivity index (χ2n) is 5.31. The van der Waals surface area contributed by atoms with Gasteiger partial charge in [0.25, 0.3) is 11.2 Å². The van der Waals surface area contributed by atoms with Gasteiger partial charge in [0.15, 0.2) is 5.69 Å². The van der Waals surface area contributed by atoms with Crippen LogP contribution in [0, 0.1) is 17.0 Å². The first-order valence-electron chi connectivity index (χ1n) is 7.34. The number of hydrogen-bond donors (Lipinski definition) is 2. The number of benzene rings is 2. The van der Waals surface area contributed by atoms with Gasteiger partial charge in [0.2, 0.25) is 0 Å². The number of nitrogens with one attached hydrogen (secondary N) is 1. The lowest BCUT2D eigenvalue weighted by Gasteiger charge is -2.02. The smallest absolute Gasteiger partial charge is 0.299 e. The predicted octanol–water partition coefficient (Wildman–Crippen LogP) is 4.16. The zero-order chi connectivity index (χ0) is 18.8. The Balaban J connectivity index is 2.03. The molecule has 2 aromatic carbocycles. The standard InChI is InChI=1S/C16H12ClN5O4/c1-9-15(16(24)21(20-9)13-5-3-2-4-11(13)17)19-18-12-8-10(22(25)26)6-7-14(12)23/h2-8,20,23H,1H3. The molecule has 0 atom stereocenters. The summed E-state index contributed by atoms with van der Waals surface area (Å²) in [6.45, 7) is 1.62. The number of H-pyrrole nitrogens is 1. The van der Waals surface area contributed by atoms with Crippen molar-refractivity contribution < 1.29 is 10.0 Å². The van der Waals surface area contributed by atoms with E-state index in [2.05, 4.69) is 15.3 Å². The highest BCUT2D eigenvalue weighted by molar-refractivity contribution is 6.32. The number of aryl methyl sites for hydroxylation is 1. The number of phenols is 1. The van der Waals surface area contributed by atoms with Gasteiger partial charge in [-0.2, -0.15) is 0 Å². The molecule has 0 saturated carbocycles. The Morgan fingerprint density at radius 2 is 1.96 bits per heavy atom. The molecule has 0 spiro atoms. The number of aromatic nitrogens is 2. The van der Waals surface area contributed by atoms with E-state index >= 15 is 0 Å². The van der Waals surface area contributed by atoms with Crippen LogP contribution in [0.5, 0.6) is 5.75 Å². The number of nitro groups is 1. The summed E-state index contributed by atoms with van der Waals surface area (Å²) in [5.74, 6) is -0.293. The molecule has 26 heavy (non-hydrogen) atoms. The van der Waals surface area contributed by atoms with Gasteiger partial charge in [0.1, 0.15) is 11.4 Å². The fraction of sp³-hybridized carbons (Fsp3) is 0.0625. The molecule has 0 bridgehead atoms. The van der Waals surface area contributed by atoms with E-state index in [0.717, 1.165) is 18.2 Å². The molecule has 9 nitrogen and oxygen atoms in total. The van der Waals surface area contributed by atoms with Crippen molar-refractivity contribution in [1.29, 1.82) is 0 Å². The average Bonchev–Trinajstić information content (AvgIpc) is 2.88. The highest BCUT2D eigenvalue weighted by Crippen LogP contribution is 2.31. The molecule has 0 aliphatic carbocycles. The Morgan fingerprint density at radius 3 is 2.65 bits per heavy atom. The van der Waals surface area contributed by atoms with Crippen LogP contribution in [0.4, 0.5) is 17.1 Å². The fourth-order valence-corrected chi connectivity index (χ4v) is 2.49. The van der Waals surface area contributed by atoms with Crippen molar-refractivity contribution in [3.8, 4) is 11.4 Å². The molecule has 3 rings (SSSR count). The van der Waals surface area contributed by atoms with Crippen LogP contribution in [0.25, 0.3) is 5.69 Å². The number of phenolic OH excluding ortho intramolecular Hbond substituents is 1. The zero-order valence-corrected chi connectivity index (χ0v) is 14.1. The molecule has 0 amide bonds. The Kier molecular flexibility index (Phi) is 4.55.